The van der Waals surface area contributed by atoms with Gasteiger partial charge in [0.25, 0.3) is 0 Å². The third-order valence-electron chi connectivity index (χ3n) is 6.51. The number of hydrogen-bond donors (Lipinski definition) is 1. The average molecular weight is 446 g/mol. The zero-order chi connectivity index (χ0) is 22.4. The van der Waals surface area contributed by atoms with Gasteiger partial charge >= 0.3 is 0 Å². The summed E-state index contributed by atoms with van der Waals surface area (Å²) in [5.74, 6) is -0.355. The van der Waals surface area contributed by atoms with E-state index in [0.717, 1.165) is 0 Å². The van der Waals surface area contributed by atoms with Crippen molar-refractivity contribution in [1.29, 1.82) is 0 Å². The highest BCUT2D eigenvalue weighted by molar-refractivity contribution is 7.89. The van der Waals surface area contributed by atoms with Gasteiger partial charge in [0.05, 0.1) is 11.2 Å². The molecule has 0 bridgehead atoms. The predicted molar refractivity (Wildman–Crippen MR) is 114 cm³/mol. The van der Waals surface area contributed by atoms with E-state index in [0.29, 0.717) is 37.2 Å². The molecule has 2 aromatic rings. The molecule has 10 heteroatoms. The summed E-state index contributed by atoms with van der Waals surface area (Å²) in [7, 11) is -0.331. The van der Waals surface area contributed by atoms with Gasteiger partial charge in [0, 0.05) is 44.0 Å². The SMILES string of the molecule is CC(=O)c1ccc(S(=O)(=O)N2C(Cc3cnc[nH]3)C(=O)N(C)C23CCN(C)CC3)cc1. The molecule has 2 saturated heterocycles. The molecule has 1 atom stereocenters. The highest BCUT2D eigenvalue weighted by Crippen LogP contribution is 2.43. The first-order valence-corrected chi connectivity index (χ1v) is 11.7. The molecule has 1 aromatic carbocycles. The van der Waals surface area contributed by atoms with Crippen molar-refractivity contribution >= 4 is 21.7 Å². The Labute approximate surface area is 182 Å². The molecule has 1 spiro atoms. The van der Waals surface area contributed by atoms with Crippen molar-refractivity contribution in [3.63, 3.8) is 0 Å². The minimum atomic E-state index is -4.02. The van der Waals surface area contributed by atoms with Crippen molar-refractivity contribution in [3.05, 3.63) is 48.0 Å². The number of nitrogens with zero attached hydrogens (tertiary/aromatic N) is 4. The van der Waals surface area contributed by atoms with Crippen molar-refractivity contribution < 1.29 is 18.0 Å². The summed E-state index contributed by atoms with van der Waals surface area (Å²) >= 11 is 0. The highest BCUT2D eigenvalue weighted by atomic mass is 32.2. The molecule has 9 nitrogen and oxygen atoms in total. The van der Waals surface area contributed by atoms with Crippen LogP contribution in [0.25, 0.3) is 0 Å². The van der Waals surface area contributed by atoms with E-state index >= 15 is 0 Å². The van der Waals surface area contributed by atoms with Crippen molar-refractivity contribution in [2.45, 2.75) is 42.8 Å². The number of likely N-dealkylation sites (tertiary alicyclic amines) is 1. The van der Waals surface area contributed by atoms with Crippen molar-refractivity contribution in [1.82, 2.24) is 24.1 Å². The Bertz CT molecular complexity index is 1070. The van der Waals surface area contributed by atoms with E-state index in [1.807, 2.05) is 7.05 Å². The number of imidazole rings is 1. The molecule has 4 rings (SSSR count). The van der Waals surface area contributed by atoms with E-state index < -0.39 is 21.7 Å². The second kappa shape index (κ2) is 7.85. The summed E-state index contributed by atoms with van der Waals surface area (Å²) in [5.41, 5.74) is 0.215. The van der Waals surface area contributed by atoms with Crippen LogP contribution in [0.5, 0.6) is 0 Å². The second-order valence-corrected chi connectivity index (χ2v) is 10.2. The zero-order valence-electron chi connectivity index (χ0n) is 17.9. The number of carbonyl (C=O) groups excluding carboxylic acids is 2. The van der Waals surface area contributed by atoms with Gasteiger partial charge in [0.2, 0.25) is 15.9 Å². The molecular formula is C21H27N5O4S. The van der Waals surface area contributed by atoms with Gasteiger partial charge in [-0.1, -0.05) is 12.1 Å². The van der Waals surface area contributed by atoms with Crippen LogP contribution in [0.4, 0.5) is 0 Å². The van der Waals surface area contributed by atoms with Gasteiger partial charge in [-0.25, -0.2) is 13.4 Å². The second-order valence-electron chi connectivity index (χ2n) is 8.36. The first-order chi connectivity index (χ1) is 14.7. The lowest BCUT2D eigenvalue weighted by Crippen LogP contribution is -2.60. The molecule has 31 heavy (non-hydrogen) atoms. The Kier molecular flexibility index (Phi) is 5.48. The minimum Gasteiger partial charge on any atom is -0.348 e. The number of Topliss-reactive ketones (excluding diaryl/α,β-unsaturated/α-hetero) is 1. The lowest BCUT2D eigenvalue weighted by atomic mass is 9.96. The topological polar surface area (TPSA) is 107 Å². The number of hydrogen-bond acceptors (Lipinski definition) is 6. The van der Waals surface area contributed by atoms with Crippen LogP contribution in [0.1, 0.15) is 35.8 Å². The van der Waals surface area contributed by atoms with Gasteiger partial charge in [-0.15, -0.1) is 0 Å². The van der Waals surface area contributed by atoms with Crippen LogP contribution in [0.3, 0.4) is 0 Å². The van der Waals surface area contributed by atoms with E-state index in [4.69, 9.17) is 0 Å². The number of carbonyl (C=O) groups is 2. The Morgan fingerprint density at radius 1 is 1.19 bits per heavy atom. The maximum Gasteiger partial charge on any atom is 0.245 e. The van der Waals surface area contributed by atoms with Gasteiger partial charge < -0.3 is 14.8 Å². The summed E-state index contributed by atoms with van der Waals surface area (Å²) in [5, 5.41) is 0. The van der Waals surface area contributed by atoms with E-state index in [2.05, 4.69) is 14.9 Å². The normalized spacial score (nSPS) is 22.4. The lowest BCUT2D eigenvalue weighted by Gasteiger charge is -2.46. The third-order valence-corrected chi connectivity index (χ3v) is 8.49. The average Bonchev–Trinajstić information content (AvgIpc) is 3.33. The molecular weight excluding hydrogens is 418 g/mol. The summed E-state index contributed by atoms with van der Waals surface area (Å²) < 4.78 is 29.3. The lowest BCUT2D eigenvalue weighted by molar-refractivity contribution is -0.131. The van der Waals surface area contributed by atoms with Crippen molar-refractivity contribution in [2.75, 3.05) is 27.2 Å². The van der Waals surface area contributed by atoms with Crippen LogP contribution in [0, 0.1) is 0 Å². The molecule has 166 valence electrons. The first kappa shape index (κ1) is 21.7. The molecule has 2 fully saturated rings. The number of aromatic nitrogens is 2. The number of ketones is 1. The highest BCUT2D eigenvalue weighted by Gasteiger charge is 2.60. The van der Waals surface area contributed by atoms with E-state index in [9.17, 15) is 18.0 Å². The van der Waals surface area contributed by atoms with Crippen LogP contribution in [0.15, 0.2) is 41.7 Å². The Hall–Kier alpha value is -2.56. The van der Waals surface area contributed by atoms with Gasteiger partial charge in [-0.2, -0.15) is 4.31 Å². The van der Waals surface area contributed by atoms with Gasteiger partial charge in [-0.3, -0.25) is 9.59 Å². The van der Waals surface area contributed by atoms with Gasteiger partial charge in [-0.05, 0) is 38.9 Å². The fourth-order valence-corrected chi connectivity index (χ4v) is 6.60. The van der Waals surface area contributed by atoms with Crippen molar-refractivity contribution in [2.24, 2.45) is 0 Å². The molecule has 3 heterocycles. The monoisotopic (exact) mass is 445 g/mol. The number of sulfonamides is 1. The Balaban J connectivity index is 1.81. The molecule has 0 aliphatic carbocycles. The van der Waals surface area contributed by atoms with Crippen LogP contribution in [0.2, 0.25) is 0 Å². The standard InChI is InChI=1S/C21H27N5O4S/c1-15(27)16-4-6-18(7-5-16)31(29,30)26-19(12-17-13-22-14-23-17)20(28)25(3)21(26)8-10-24(2)11-9-21/h4-7,13-14,19H,8-12H2,1-3H3,(H,22,23). The number of aromatic amines is 1. The number of nitrogens with one attached hydrogen (secondary N) is 1. The van der Waals surface area contributed by atoms with E-state index in [1.54, 1.807) is 18.1 Å². The largest absolute Gasteiger partial charge is 0.348 e. The molecule has 2 aliphatic rings. The number of piperidine rings is 1. The fourth-order valence-electron chi connectivity index (χ4n) is 4.64. The molecule has 1 amide bonds. The molecule has 1 N–H and O–H groups in total. The molecule has 0 radical (unpaired) electrons. The first-order valence-electron chi connectivity index (χ1n) is 10.3. The molecule has 2 aliphatic heterocycles. The Morgan fingerprint density at radius 3 is 2.39 bits per heavy atom. The van der Waals surface area contributed by atoms with Crippen LogP contribution in [-0.2, 0) is 21.2 Å². The van der Waals surface area contributed by atoms with Crippen LogP contribution < -0.4 is 0 Å². The number of likely N-dealkylation sites (N-methyl/N-ethyl adjacent to an activating group) is 1. The van der Waals surface area contributed by atoms with Gasteiger partial charge in [0.15, 0.2) is 5.78 Å². The predicted octanol–water partition coefficient (Wildman–Crippen LogP) is 1.11. The molecule has 0 saturated carbocycles. The summed E-state index contributed by atoms with van der Waals surface area (Å²) in [6.45, 7) is 2.80. The van der Waals surface area contributed by atoms with Gasteiger partial charge in [0.1, 0.15) is 11.7 Å². The molecule has 1 aromatic heterocycles. The summed E-state index contributed by atoms with van der Waals surface area (Å²) in [6, 6.07) is 5.06. The quantitative estimate of drug-likeness (QED) is 0.691. The Morgan fingerprint density at radius 2 is 1.84 bits per heavy atom. The van der Waals surface area contributed by atoms with Crippen LogP contribution >= 0.6 is 0 Å². The zero-order valence-corrected chi connectivity index (χ0v) is 18.7. The number of amides is 1. The maximum atomic E-state index is 13.9. The van der Waals surface area contributed by atoms with E-state index in [1.165, 1.54) is 41.8 Å². The van der Waals surface area contributed by atoms with Crippen molar-refractivity contribution in [3.8, 4) is 0 Å². The fraction of sp³-hybridized carbons (Fsp3) is 0.476. The van der Waals surface area contributed by atoms with Crippen LogP contribution in [-0.4, -0.2) is 83.1 Å². The third kappa shape index (κ3) is 3.58. The minimum absolute atomic E-state index is 0.0773. The smallest absolute Gasteiger partial charge is 0.245 e. The summed E-state index contributed by atoms with van der Waals surface area (Å²) in [4.78, 5) is 35.8. The number of benzene rings is 1. The molecule has 1 unspecified atom stereocenters. The number of rotatable bonds is 5. The maximum absolute atomic E-state index is 13.9. The summed E-state index contributed by atoms with van der Waals surface area (Å²) in [6.07, 6.45) is 4.39. The van der Waals surface area contributed by atoms with E-state index in [-0.39, 0.29) is 23.0 Å². The number of H-pyrrole nitrogens is 1.